The molecule has 0 aliphatic heterocycles. The zero-order valence-corrected chi connectivity index (χ0v) is 15.5. The highest BCUT2D eigenvalue weighted by Crippen LogP contribution is 2.21. The highest BCUT2D eigenvalue weighted by atomic mass is 32.2. The summed E-state index contributed by atoms with van der Waals surface area (Å²) in [6.07, 6.45) is 0. The first kappa shape index (κ1) is 18.5. The van der Waals surface area contributed by atoms with E-state index >= 15 is 0 Å². The van der Waals surface area contributed by atoms with Crippen LogP contribution in [0.3, 0.4) is 0 Å². The largest absolute Gasteiger partial charge is 0.301 e. The van der Waals surface area contributed by atoms with Gasteiger partial charge in [0.1, 0.15) is 5.82 Å². The second-order valence-corrected chi connectivity index (χ2v) is 8.16. The van der Waals surface area contributed by atoms with Crippen molar-refractivity contribution in [1.29, 1.82) is 0 Å². The van der Waals surface area contributed by atoms with Gasteiger partial charge < -0.3 is 4.90 Å². The van der Waals surface area contributed by atoms with Crippen molar-refractivity contribution in [2.75, 3.05) is 20.6 Å². The third-order valence-electron chi connectivity index (χ3n) is 4.35. The van der Waals surface area contributed by atoms with E-state index in [0.717, 1.165) is 16.3 Å². The molecule has 0 heterocycles. The predicted molar refractivity (Wildman–Crippen MR) is 102 cm³/mol. The SMILES string of the molecule is CN(C)C(CNS(=O)(=O)c1ccc2ccccc2c1)c1cccc(F)c1. The van der Waals surface area contributed by atoms with E-state index in [1.54, 1.807) is 30.3 Å². The maximum atomic E-state index is 13.5. The minimum atomic E-state index is -3.67. The molecule has 26 heavy (non-hydrogen) atoms. The van der Waals surface area contributed by atoms with Crippen LogP contribution in [0.5, 0.6) is 0 Å². The Hall–Kier alpha value is -2.28. The summed E-state index contributed by atoms with van der Waals surface area (Å²) >= 11 is 0. The average molecular weight is 372 g/mol. The first-order valence-corrected chi connectivity index (χ1v) is 9.75. The molecule has 0 aliphatic rings. The molecule has 0 spiro atoms. The predicted octanol–water partition coefficient (Wildman–Crippen LogP) is 3.56. The number of rotatable bonds is 6. The van der Waals surface area contributed by atoms with Crippen LogP contribution < -0.4 is 4.72 Å². The summed E-state index contributed by atoms with van der Waals surface area (Å²) in [5.74, 6) is -0.341. The summed E-state index contributed by atoms with van der Waals surface area (Å²) in [5.41, 5.74) is 0.719. The molecule has 1 atom stereocenters. The van der Waals surface area contributed by atoms with Gasteiger partial charge in [-0.3, -0.25) is 0 Å². The van der Waals surface area contributed by atoms with Crippen molar-refractivity contribution in [2.45, 2.75) is 10.9 Å². The molecule has 0 saturated carbocycles. The van der Waals surface area contributed by atoms with Crippen LogP contribution in [0.25, 0.3) is 10.8 Å². The van der Waals surface area contributed by atoms with Gasteiger partial charge in [0.2, 0.25) is 10.0 Å². The minimum Gasteiger partial charge on any atom is -0.301 e. The molecule has 0 saturated heterocycles. The molecular formula is C20H21FN2O2S. The van der Waals surface area contributed by atoms with E-state index in [1.165, 1.54) is 12.1 Å². The average Bonchev–Trinajstić information content (AvgIpc) is 2.61. The van der Waals surface area contributed by atoms with E-state index in [4.69, 9.17) is 0 Å². The Balaban J connectivity index is 1.83. The van der Waals surface area contributed by atoms with Crippen LogP contribution in [0.4, 0.5) is 4.39 Å². The molecule has 6 heteroatoms. The number of sulfonamides is 1. The molecule has 3 aromatic rings. The highest BCUT2D eigenvalue weighted by Gasteiger charge is 2.20. The van der Waals surface area contributed by atoms with Crippen molar-refractivity contribution in [3.05, 3.63) is 78.1 Å². The quantitative estimate of drug-likeness (QED) is 0.720. The maximum absolute atomic E-state index is 13.5. The van der Waals surface area contributed by atoms with Gasteiger partial charge in [0.25, 0.3) is 0 Å². The summed E-state index contributed by atoms with van der Waals surface area (Å²) in [5, 5.41) is 1.85. The Kier molecular flexibility index (Phi) is 5.36. The van der Waals surface area contributed by atoms with Crippen molar-refractivity contribution in [2.24, 2.45) is 0 Å². The fourth-order valence-corrected chi connectivity index (χ4v) is 3.99. The van der Waals surface area contributed by atoms with Crippen LogP contribution in [0, 0.1) is 5.82 Å². The van der Waals surface area contributed by atoms with Gasteiger partial charge in [-0.05, 0) is 54.7 Å². The van der Waals surface area contributed by atoms with Crippen LogP contribution in [0.2, 0.25) is 0 Å². The number of fused-ring (bicyclic) bond motifs is 1. The van der Waals surface area contributed by atoms with E-state index in [9.17, 15) is 12.8 Å². The Bertz CT molecular complexity index is 1020. The van der Waals surface area contributed by atoms with Gasteiger partial charge in [-0.2, -0.15) is 0 Å². The summed E-state index contributed by atoms with van der Waals surface area (Å²) in [4.78, 5) is 2.07. The molecule has 136 valence electrons. The van der Waals surface area contributed by atoms with E-state index in [-0.39, 0.29) is 23.3 Å². The topological polar surface area (TPSA) is 49.4 Å². The van der Waals surface area contributed by atoms with Crippen LogP contribution in [0.1, 0.15) is 11.6 Å². The molecule has 1 N–H and O–H groups in total. The smallest absolute Gasteiger partial charge is 0.240 e. The lowest BCUT2D eigenvalue weighted by molar-refractivity contribution is 0.299. The highest BCUT2D eigenvalue weighted by molar-refractivity contribution is 7.89. The molecule has 3 rings (SSSR count). The number of hydrogen-bond acceptors (Lipinski definition) is 3. The first-order valence-electron chi connectivity index (χ1n) is 8.27. The summed E-state index contributed by atoms with van der Waals surface area (Å²) in [7, 11) is -0.00240. The number of nitrogens with zero attached hydrogens (tertiary/aromatic N) is 1. The molecular weight excluding hydrogens is 351 g/mol. The first-order chi connectivity index (χ1) is 12.4. The van der Waals surface area contributed by atoms with Gasteiger partial charge in [-0.15, -0.1) is 0 Å². The van der Waals surface area contributed by atoms with Crippen molar-refractivity contribution >= 4 is 20.8 Å². The van der Waals surface area contributed by atoms with Gasteiger partial charge in [0, 0.05) is 12.6 Å². The van der Waals surface area contributed by atoms with Crippen molar-refractivity contribution in [3.63, 3.8) is 0 Å². The van der Waals surface area contributed by atoms with Crippen molar-refractivity contribution < 1.29 is 12.8 Å². The van der Waals surface area contributed by atoms with Crippen LogP contribution in [-0.2, 0) is 10.0 Å². The fourth-order valence-electron chi connectivity index (χ4n) is 2.92. The third kappa shape index (κ3) is 4.09. The lowest BCUT2D eigenvalue weighted by Gasteiger charge is -2.25. The molecule has 0 aliphatic carbocycles. The van der Waals surface area contributed by atoms with Crippen LogP contribution >= 0.6 is 0 Å². The van der Waals surface area contributed by atoms with E-state index in [0.29, 0.717) is 0 Å². The Morgan fingerprint density at radius 1 is 0.962 bits per heavy atom. The molecule has 0 aromatic heterocycles. The number of nitrogens with one attached hydrogen (secondary N) is 1. The fraction of sp³-hybridized carbons (Fsp3) is 0.200. The standard InChI is InChI=1S/C20H21FN2O2S/c1-23(2)20(17-8-5-9-18(21)12-17)14-22-26(24,25)19-11-10-15-6-3-4-7-16(15)13-19/h3-13,20,22H,14H2,1-2H3. The monoisotopic (exact) mass is 372 g/mol. The normalized spacial score (nSPS) is 13.2. The summed E-state index contributed by atoms with van der Waals surface area (Å²) < 4.78 is 41.6. The van der Waals surface area contributed by atoms with Gasteiger partial charge in [0.15, 0.2) is 0 Å². The molecule has 1 unspecified atom stereocenters. The zero-order valence-electron chi connectivity index (χ0n) is 14.7. The van der Waals surface area contributed by atoms with Gasteiger partial charge in [0.05, 0.1) is 4.90 Å². The van der Waals surface area contributed by atoms with E-state index in [2.05, 4.69) is 4.72 Å². The van der Waals surface area contributed by atoms with Crippen molar-refractivity contribution in [3.8, 4) is 0 Å². The van der Waals surface area contributed by atoms with Crippen LogP contribution in [0.15, 0.2) is 71.6 Å². The Labute approximate surface area is 153 Å². The maximum Gasteiger partial charge on any atom is 0.240 e. The third-order valence-corrected chi connectivity index (χ3v) is 5.78. The number of halogens is 1. The Morgan fingerprint density at radius 3 is 2.38 bits per heavy atom. The number of hydrogen-bond donors (Lipinski definition) is 1. The molecule has 0 bridgehead atoms. The minimum absolute atomic E-state index is 0.144. The number of benzene rings is 3. The van der Waals surface area contributed by atoms with E-state index in [1.807, 2.05) is 43.3 Å². The van der Waals surface area contributed by atoms with Gasteiger partial charge in [-0.25, -0.2) is 17.5 Å². The molecule has 0 radical (unpaired) electrons. The van der Waals surface area contributed by atoms with Gasteiger partial charge >= 0.3 is 0 Å². The van der Waals surface area contributed by atoms with E-state index < -0.39 is 10.0 Å². The summed E-state index contributed by atoms with van der Waals surface area (Å²) in [6, 6.07) is 18.6. The zero-order chi connectivity index (χ0) is 18.7. The molecule has 0 fully saturated rings. The second kappa shape index (κ2) is 7.53. The molecule has 0 amide bonds. The summed E-state index contributed by atoms with van der Waals surface area (Å²) in [6.45, 7) is 0.144. The lowest BCUT2D eigenvalue weighted by atomic mass is 10.1. The number of likely N-dealkylation sites (N-methyl/N-ethyl adjacent to an activating group) is 1. The lowest BCUT2D eigenvalue weighted by Crippen LogP contribution is -2.34. The van der Waals surface area contributed by atoms with Crippen LogP contribution in [-0.4, -0.2) is 34.0 Å². The van der Waals surface area contributed by atoms with Crippen molar-refractivity contribution in [1.82, 2.24) is 9.62 Å². The molecule has 3 aromatic carbocycles. The molecule has 4 nitrogen and oxygen atoms in total. The Morgan fingerprint density at radius 2 is 1.69 bits per heavy atom. The van der Waals surface area contributed by atoms with Gasteiger partial charge in [-0.1, -0.05) is 42.5 Å². The second-order valence-electron chi connectivity index (χ2n) is 6.40.